The fraction of sp³-hybridized carbons (Fsp3) is 0.0952. The Bertz CT molecular complexity index is 1290. The molecule has 4 heterocycles. The summed E-state index contributed by atoms with van der Waals surface area (Å²) < 4.78 is 9.10. The molecule has 0 bridgehead atoms. The van der Waals surface area contributed by atoms with Crippen molar-refractivity contribution in [3.63, 3.8) is 0 Å². The molecule has 0 spiro atoms. The molecule has 0 N–H and O–H groups in total. The fourth-order valence-electron chi connectivity index (χ4n) is 3.15. The minimum Gasteiger partial charge on any atom is -0.467 e. The number of hydrogen-bond donors (Lipinski definition) is 0. The van der Waals surface area contributed by atoms with Crippen molar-refractivity contribution in [2.45, 2.75) is 17.5 Å². The molecule has 1 aromatic carbocycles. The fourth-order valence-corrected chi connectivity index (χ4v) is 4.03. The number of rotatable bonds is 5. The summed E-state index contributed by atoms with van der Waals surface area (Å²) in [5.74, 6) is 1.33. The van der Waals surface area contributed by atoms with Gasteiger partial charge in [0.25, 0.3) is 5.56 Å². The van der Waals surface area contributed by atoms with Gasteiger partial charge in [-0.15, -0.1) is 0 Å². The molecular weight excluding hydrogens is 372 g/mol. The zero-order chi connectivity index (χ0) is 18.9. The molecule has 28 heavy (non-hydrogen) atoms. The number of pyridine rings is 1. The van der Waals surface area contributed by atoms with Gasteiger partial charge in [-0.25, -0.2) is 9.97 Å². The van der Waals surface area contributed by atoms with E-state index in [4.69, 9.17) is 9.40 Å². The second-order valence-electron chi connectivity index (χ2n) is 6.37. The number of fused-ring (bicyclic) bond motifs is 2. The lowest BCUT2D eigenvalue weighted by atomic mass is 10.2. The van der Waals surface area contributed by atoms with Gasteiger partial charge >= 0.3 is 0 Å². The van der Waals surface area contributed by atoms with Gasteiger partial charge in [-0.05, 0) is 36.4 Å². The molecular formula is C21H16N4O2S. The number of aromatic nitrogens is 4. The van der Waals surface area contributed by atoms with Crippen LogP contribution in [0.1, 0.15) is 11.5 Å². The van der Waals surface area contributed by atoms with Crippen LogP contribution in [-0.2, 0) is 12.3 Å². The summed E-state index contributed by atoms with van der Waals surface area (Å²) in [4.78, 5) is 22.4. The van der Waals surface area contributed by atoms with Crippen LogP contribution in [0.4, 0.5) is 0 Å². The standard InChI is InChI=1S/C21H16N4O2S/c26-20-17-7-1-2-8-18(17)23-21(25(20)13-16-6-5-11-27-16)28-14-15-12-24-10-4-3-9-19(24)22-15/h1-12H,13-14H2. The van der Waals surface area contributed by atoms with Gasteiger partial charge in [0.1, 0.15) is 11.4 Å². The van der Waals surface area contributed by atoms with Crippen LogP contribution in [0.25, 0.3) is 16.6 Å². The van der Waals surface area contributed by atoms with Crippen molar-refractivity contribution in [1.82, 2.24) is 18.9 Å². The molecule has 138 valence electrons. The third-order valence-corrected chi connectivity index (χ3v) is 5.49. The maximum Gasteiger partial charge on any atom is 0.262 e. The van der Waals surface area contributed by atoms with Crippen LogP contribution in [0, 0.1) is 0 Å². The summed E-state index contributed by atoms with van der Waals surface area (Å²) in [5.41, 5.74) is 2.46. The maximum absolute atomic E-state index is 13.1. The lowest BCUT2D eigenvalue weighted by molar-refractivity contribution is 0.476. The average Bonchev–Trinajstić information content (AvgIpc) is 3.38. The van der Waals surface area contributed by atoms with E-state index in [0.29, 0.717) is 34.1 Å². The highest BCUT2D eigenvalue weighted by atomic mass is 32.2. The number of imidazole rings is 1. The molecule has 0 unspecified atom stereocenters. The quantitative estimate of drug-likeness (QED) is 0.337. The molecule has 7 heteroatoms. The lowest BCUT2D eigenvalue weighted by Crippen LogP contribution is -2.23. The third kappa shape index (κ3) is 3.10. The summed E-state index contributed by atoms with van der Waals surface area (Å²) in [7, 11) is 0. The zero-order valence-electron chi connectivity index (χ0n) is 14.9. The molecule has 6 nitrogen and oxygen atoms in total. The van der Waals surface area contributed by atoms with Gasteiger partial charge in [0.2, 0.25) is 0 Å². The van der Waals surface area contributed by atoms with Gasteiger partial charge in [-0.1, -0.05) is 30.0 Å². The van der Waals surface area contributed by atoms with E-state index in [2.05, 4.69) is 4.98 Å². The second kappa shape index (κ2) is 7.01. The summed E-state index contributed by atoms with van der Waals surface area (Å²) in [6.45, 7) is 0.344. The average molecular weight is 388 g/mol. The van der Waals surface area contributed by atoms with Crippen LogP contribution >= 0.6 is 11.8 Å². The normalized spacial score (nSPS) is 11.4. The molecule has 0 saturated carbocycles. The number of para-hydroxylation sites is 1. The van der Waals surface area contributed by atoms with Crippen molar-refractivity contribution >= 4 is 28.3 Å². The van der Waals surface area contributed by atoms with Crippen molar-refractivity contribution in [3.05, 3.63) is 95.1 Å². The van der Waals surface area contributed by atoms with E-state index in [-0.39, 0.29) is 5.56 Å². The van der Waals surface area contributed by atoms with Crippen LogP contribution in [0.5, 0.6) is 0 Å². The van der Waals surface area contributed by atoms with Crippen LogP contribution in [0.2, 0.25) is 0 Å². The van der Waals surface area contributed by atoms with E-state index < -0.39 is 0 Å². The summed E-state index contributed by atoms with van der Waals surface area (Å²) in [6, 6.07) is 17.0. The number of nitrogens with zero attached hydrogens (tertiary/aromatic N) is 4. The highest BCUT2D eigenvalue weighted by molar-refractivity contribution is 7.98. The molecule has 5 aromatic rings. The lowest BCUT2D eigenvalue weighted by Gasteiger charge is -2.11. The highest BCUT2D eigenvalue weighted by Gasteiger charge is 2.14. The zero-order valence-corrected chi connectivity index (χ0v) is 15.7. The van der Waals surface area contributed by atoms with E-state index >= 15 is 0 Å². The number of hydrogen-bond acceptors (Lipinski definition) is 5. The van der Waals surface area contributed by atoms with Gasteiger partial charge in [0, 0.05) is 18.1 Å². The molecule has 5 rings (SSSR count). The predicted molar refractivity (Wildman–Crippen MR) is 109 cm³/mol. The minimum atomic E-state index is -0.0699. The van der Waals surface area contributed by atoms with Crippen molar-refractivity contribution in [2.24, 2.45) is 0 Å². The summed E-state index contributed by atoms with van der Waals surface area (Å²) >= 11 is 1.50. The van der Waals surface area contributed by atoms with Crippen LogP contribution in [-0.4, -0.2) is 18.9 Å². The third-order valence-electron chi connectivity index (χ3n) is 4.48. The molecule has 0 aliphatic carbocycles. The maximum atomic E-state index is 13.1. The first-order valence-corrected chi connectivity index (χ1v) is 9.84. The van der Waals surface area contributed by atoms with Crippen LogP contribution in [0.15, 0.2) is 87.6 Å². The Hall–Kier alpha value is -3.32. The molecule has 0 amide bonds. The summed E-state index contributed by atoms with van der Waals surface area (Å²) in [5, 5.41) is 1.25. The van der Waals surface area contributed by atoms with Gasteiger partial charge in [0.15, 0.2) is 5.16 Å². The monoisotopic (exact) mass is 388 g/mol. The molecule has 0 aliphatic rings. The van der Waals surface area contributed by atoms with Gasteiger partial charge in [0.05, 0.1) is 29.4 Å². The van der Waals surface area contributed by atoms with Gasteiger partial charge in [-0.2, -0.15) is 0 Å². The SMILES string of the molecule is O=c1c2ccccc2nc(SCc2cn3ccccc3n2)n1Cc1ccco1. The molecule has 0 aliphatic heterocycles. The largest absolute Gasteiger partial charge is 0.467 e. The van der Waals surface area contributed by atoms with Crippen LogP contribution < -0.4 is 5.56 Å². The Morgan fingerprint density at radius 3 is 2.75 bits per heavy atom. The Kier molecular flexibility index (Phi) is 4.21. The molecule has 4 aromatic heterocycles. The molecule has 0 fully saturated rings. The van der Waals surface area contributed by atoms with E-state index in [1.165, 1.54) is 11.8 Å². The second-order valence-corrected chi connectivity index (χ2v) is 7.31. The molecule has 0 atom stereocenters. The summed E-state index contributed by atoms with van der Waals surface area (Å²) in [6.07, 6.45) is 5.58. The number of thioether (sulfide) groups is 1. The molecule has 0 saturated heterocycles. The van der Waals surface area contributed by atoms with Crippen LogP contribution in [0.3, 0.4) is 0 Å². The van der Waals surface area contributed by atoms with Gasteiger partial charge in [-0.3, -0.25) is 9.36 Å². The first kappa shape index (κ1) is 16.8. The Labute approximate surface area is 164 Å². The van der Waals surface area contributed by atoms with Gasteiger partial charge < -0.3 is 8.82 Å². The Balaban J connectivity index is 1.53. The minimum absolute atomic E-state index is 0.0699. The van der Waals surface area contributed by atoms with E-state index in [1.807, 2.05) is 65.3 Å². The van der Waals surface area contributed by atoms with Crippen molar-refractivity contribution in [2.75, 3.05) is 0 Å². The van der Waals surface area contributed by atoms with E-state index in [1.54, 1.807) is 16.9 Å². The number of furan rings is 1. The Morgan fingerprint density at radius 2 is 1.89 bits per heavy atom. The molecule has 0 radical (unpaired) electrons. The van der Waals surface area contributed by atoms with E-state index in [9.17, 15) is 4.79 Å². The van der Waals surface area contributed by atoms with Crippen molar-refractivity contribution in [1.29, 1.82) is 0 Å². The smallest absolute Gasteiger partial charge is 0.262 e. The number of benzene rings is 1. The Morgan fingerprint density at radius 1 is 1.00 bits per heavy atom. The highest BCUT2D eigenvalue weighted by Crippen LogP contribution is 2.23. The van der Waals surface area contributed by atoms with Crippen molar-refractivity contribution in [3.8, 4) is 0 Å². The predicted octanol–water partition coefficient (Wildman–Crippen LogP) is 3.98. The van der Waals surface area contributed by atoms with Crippen molar-refractivity contribution < 1.29 is 4.42 Å². The first-order valence-electron chi connectivity index (χ1n) is 8.85. The topological polar surface area (TPSA) is 65.3 Å². The first-order chi connectivity index (χ1) is 13.8. The van der Waals surface area contributed by atoms with E-state index in [0.717, 1.165) is 11.3 Å².